The average Bonchev–Trinajstić information content (AvgIpc) is 3.07. The van der Waals surface area contributed by atoms with Crippen LogP contribution in [-0.2, 0) is 31.9 Å². The standard InChI is InChI=1S/C44H42N3O.Pt/c1-9-15-33(10-2)47(41-18-13-14-23-45-41)34-21-19-29-20-22-35-37(30-24-31(43(3,4)5)26-32(25-30)44(6,7)8)28-39(46-42(35)38(29)27-34)36-16-11-12-17-40(36)48;/h9-26,28,48H,1-2H2,3-8H3;/q-1;/b33-15+;. The molecule has 2 aromatic heterocycles. The van der Waals surface area contributed by atoms with Crippen LogP contribution < -0.4 is 4.90 Å². The Morgan fingerprint density at radius 3 is 2.08 bits per heavy atom. The number of benzene rings is 4. The van der Waals surface area contributed by atoms with E-state index in [1.165, 1.54) is 11.1 Å². The quantitative estimate of drug-likeness (QED) is 0.0990. The summed E-state index contributed by atoms with van der Waals surface area (Å²) in [6.45, 7) is 21.5. The van der Waals surface area contributed by atoms with E-state index in [-0.39, 0.29) is 37.6 Å². The number of hydrogen-bond donors (Lipinski definition) is 1. The number of aromatic nitrogens is 2. The van der Waals surface area contributed by atoms with Crippen LogP contribution in [0.4, 0.5) is 11.5 Å². The topological polar surface area (TPSA) is 49.2 Å². The minimum Gasteiger partial charge on any atom is -0.507 e. The Morgan fingerprint density at radius 2 is 1.47 bits per heavy atom. The molecule has 4 nitrogen and oxygen atoms in total. The van der Waals surface area contributed by atoms with Crippen LogP contribution in [0, 0.1) is 6.07 Å². The molecule has 0 aliphatic heterocycles. The molecular weight excluding hydrogens is 782 g/mol. The number of para-hydroxylation sites is 1. The molecule has 250 valence electrons. The van der Waals surface area contributed by atoms with Crippen molar-refractivity contribution in [2.24, 2.45) is 0 Å². The minimum absolute atomic E-state index is 0. The molecular formula is C44H42N3OPt-. The maximum absolute atomic E-state index is 11.0. The summed E-state index contributed by atoms with van der Waals surface area (Å²) in [6.07, 6.45) is 7.22. The number of rotatable bonds is 7. The summed E-state index contributed by atoms with van der Waals surface area (Å²) in [5, 5.41) is 13.9. The third-order valence-electron chi connectivity index (χ3n) is 8.72. The Labute approximate surface area is 304 Å². The summed E-state index contributed by atoms with van der Waals surface area (Å²) >= 11 is 0. The van der Waals surface area contributed by atoms with E-state index in [4.69, 9.17) is 4.98 Å². The third-order valence-corrected chi connectivity index (χ3v) is 8.72. The van der Waals surface area contributed by atoms with Crippen molar-refractivity contribution < 1.29 is 26.2 Å². The maximum Gasteiger partial charge on any atom is 0.136 e. The van der Waals surface area contributed by atoms with Crippen LogP contribution >= 0.6 is 0 Å². The summed E-state index contributed by atoms with van der Waals surface area (Å²) in [6, 6.07) is 34.4. The molecule has 4 aromatic carbocycles. The zero-order valence-electron chi connectivity index (χ0n) is 29.0. The molecule has 0 atom stereocenters. The summed E-state index contributed by atoms with van der Waals surface area (Å²) in [5.41, 5.74) is 8.39. The third kappa shape index (κ3) is 7.16. The van der Waals surface area contributed by atoms with Gasteiger partial charge < -0.3 is 10.0 Å². The zero-order chi connectivity index (χ0) is 34.2. The van der Waals surface area contributed by atoms with E-state index >= 15 is 0 Å². The second kappa shape index (κ2) is 14.0. The van der Waals surface area contributed by atoms with Crippen LogP contribution in [0.2, 0.25) is 0 Å². The van der Waals surface area contributed by atoms with Gasteiger partial charge in [-0.15, -0.1) is 29.0 Å². The van der Waals surface area contributed by atoms with E-state index in [0.717, 1.165) is 50.0 Å². The fourth-order valence-electron chi connectivity index (χ4n) is 6.00. The molecule has 0 aliphatic rings. The van der Waals surface area contributed by atoms with E-state index in [1.54, 1.807) is 24.4 Å². The van der Waals surface area contributed by atoms with Crippen LogP contribution in [0.5, 0.6) is 5.75 Å². The van der Waals surface area contributed by atoms with Gasteiger partial charge >= 0.3 is 0 Å². The molecule has 0 saturated heterocycles. The number of fused-ring (bicyclic) bond motifs is 3. The summed E-state index contributed by atoms with van der Waals surface area (Å²) in [5.74, 6) is 0.920. The number of allylic oxidation sites excluding steroid dienone is 3. The average molecular weight is 824 g/mol. The van der Waals surface area contributed by atoms with Crippen LogP contribution in [0.15, 0.2) is 134 Å². The molecule has 0 radical (unpaired) electrons. The van der Waals surface area contributed by atoms with Crippen LogP contribution in [-0.4, -0.2) is 15.1 Å². The number of hydrogen-bond acceptors (Lipinski definition) is 4. The maximum atomic E-state index is 11.0. The van der Waals surface area contributed by atoms with Crippen molar-refractivity contribution in [3.8, 4) is 28.1 Å². The van der Waals surface area contributed by atoms with Gasteiger partial charge in [0.25, 0.3) is 0 Å². The monoisotopic (exact) mass is 823 g/mol. The van der Waals surface area contributed by atoms with Crippen molar-refractivity contribution in [3.05, 3.63) is 151 Å². The van der Waals surface area contributed by atoms with E-state index in [0.29, 0.717) is 11.3 Å². The molecule has 0 saturated carbocycles. The molecule has 6 rings (SSSR count). The Bertz CT molecular complexity index is 2170. The molecule has 1 N–H and O–H groups in total. The van der Waals surface area contributed by atoms with Gasteiger partial charge in [0.15, 0.2) is 0 Å². The van der Waals surface area contributed by atoms with E-state index < -0.39 is 0 Å². The minimum atomic E-state index is -0.0501. The van der Waals surface area contributed by atoms with Gasteiger partial charge in [-0.3, -0.25) is 4.98 Å². The SMILES string of the molecule is C=C/C=C(\C=C)N(c1[c-]c2c(cc1)ccc1c(-c3cc(C(C)(C)C)cc(C(C)(C)C)c3)cc(-c3ccccc3O)nc12)c1ccccn1.[Pt]. The first-order chi connectivity index (χ1) is 22.9. The number of anilines is 2. The molecule has 0 bridgehead atoms. The van der Waals surface area contributed by atoms with Crippen molar-refractivity contribution in [1.29, 1.82) is 0 Å². The number of nitrogens with zero attached hydrogens (tertiary/aromatic N) is 3. The molecule has 5 heteroatoms. The van der Waals surface area contributed by atoms with Gasteiger partial charge in [0, 0.05) is 38.5 Å². The van der Waals surface area contributed by atoms with Gasteiger partial charge in [0.05, 0.1) is 5.69 Å². The molecule has 0 spiro atoms. The number of phenols is 1. The molecule has 2 heterocycles. The first-order valence-corrected chi connectivity index (χ1v) is 16.3. The predicted molar refractivity (Wildman–Crippen MR) is 203 cm³/mol. The van der Waals surface area contributed by atoms with Crippen LogP contribution in [0.1, 0.15) is 52.7 Å². The summed E-state index contributed by atoms with van der Waals surface area (Å²) in [4.78, 5) is 11.9. The first kappa shape index (κ1) is 35.5. The molecule has 0 amide bonds. The molecule has 0 aliphatic carbocycles. The van der Waals surface area contributed by atoms with Crippen LogP contribution in [0.3, 0.4) is 0 Å². The van der Waals surface area contributed by atoms with Crippen molar-refractivity contribution in [2.75, 3.05) is 4.90 Å². The molecule has 0 fully saturated rings. The van der Waals surface area contributed by atoms with Gasteiger partial charge in [-0.25, -0.2) is 4.98 Å². The Balaban J connectivity index is 0.00000468. The predicted octanol–water partition coefficient (Wildman–Crippen LogP) is 11.6. The summed E-state index contributed by atoms with van der Waals surface area (Å²) in [7, 11) is 0. The first-order valence-electron chi connectivity index (χ1n) is 16.3. The Kier molecular flexibility index (Phi) is 10.1. The van der Waals surface area contributed by atoms with Gasteiger partial charge in [-0.2, -0.15) is 0 Å². The molecule has 6 aromatic rings. The second-order valence-electron chi connectivity index (χ2n) is 14.2. The Morgan fingerprint density at radius 1 is 0.796 bits per heavy atom. The van der Waals surface area contributed by atoms with Gasteiger partial charge in [0.2, 0.25) is 0 Å². The molecule has 49 heavy (non-hydrogen) atoms. The summed E-state index contributed by atoms with van der Waals surface area (Å²) < 4.78 is 0. The Hall–Kier alpha value is -4.79. The van der Waals surface area contributed by atoms with Crippen molar-refractivity contribution >= 4 is 33.2 Å². The number of aromatic hydroxyl groups is 1. The van der Waals surface area contributed by atoms with Crippen LogP contribution in [0.25, 0.3) is 44.1 Å². The van der Waals surface area contributed by atoms with Gasteiger partial charge in [-0.1, -0.05) is 109 Å². The van der Waals surface area contributed by atoms with E-state index in [9.17, 15) is 5.11 Å². The van der Waals surface area contributed by atoms with E-state index in [1.807, 2.05) is 53.4 Å². The smallest absolute Gasteiger partial charge is 0.136 e. The van der Waals surface area contributed by atoms with Crippen molar-refractivity contribution in [2.45, 2.75) is 52.4 Å². The number of phenolic OH excluding ortho intramolecular Hbond substituents is 1. The zero-order valence-corrected chi connectivity index (χ0v) is 31.3. The normalized spacial score (nSPS) is 12.1. The fourth-order valence-corrected chi connectivity index (χ4v) is 6.00. The largest absolute Gasteiger partial charge is 0.507 e. The van der Waals surface area contributed by atoms with Crippen molar-refractivity contribution in [1.82, 2.24) is 9.97 Å². The van der Waals surface area contributed by atoms with Gasteiger partial charge in [-0.05, 0) is 92.2 Å². The van der Waals surface area contributed by atoms with E-state index in [2.05, 4.69) is 108 Å². The number of pyridine rings is 2. The van der Waals surface area contributed by atoms with Gasteiger partial charge in [0.1, 0.15) is 11.6 Å². The molecule has 0 unspecified atom stereocenters. The second-order valence-corrected chi connectivity index (χ2v) is 14.2. The fraction of sp³-hybridized carbons (Fsp3) is 0.182. The van der Waals surface area contributed by atoms with Crippen molar-refractivity contribution in [3.63, 3.8) is 0 Å².